The Bertz CT molecular complexity index is 1310. The number of para-hydroxylation sites is 1. The van der Waals surface area contributed by atoms with Crippen molar-refractivity contribution in [3.63, 3.8) is 0 Å². The highest BCUT2D eigenvalue weighted by Crippen LogP contribution is 2.24. The molecule has 1 aromatic carbocycles. The zero-order valence-corrected chi connectivity index (χ0v) is 17.5. The summed E-state index contributed by atoms with van der Waals surface area (Å²) in [7, 11) is 1.46. The number of aromatic nitrogens is 4. The molecule has 0 bridgehead atoms. The highest BCUT2D eigenvalue weighted by molar-refractivity contribution is 6.06. The largest absolute Gasteiger partial charge is 0.370 e. The number of anilines is 1. The fourth-order valence-electron chi connectivity index (χ4n) is 3.40. The summed E-state index contributed by atoms with van der Waals surface area (Å²) in [5, 5.41) is 6.13. The lowest BCUT2D eigenvalue weighted by Gasteiger charge is -2.11. The molecule has 2 N–H and O–H groups in total. The molecule has 3 heterocycles. The predicted octanol–water partition coefficient (Wildman–Crippen LogP) is 3.69. The molecule has 0 aliphatic heterocycles. The van der Waals surface area contributed by atoms with Gasteiger partial charge in [0.2, 0.25) is 0 Å². The van der Waals surface area contributed by atoms with Gasteiger partial charge in [-0.1, -0.05) is 18.2 Å². The Labute approximate surface area is 183 Å². The number of aryl methyl sites for hydroxylation is 1. The van der Waals surface area contributed by atoms with Crippen molar-refractivity contribution in [1.29, 1.82) is 0 Å². The number of nitrogens with one attached hydrogen (secondary N) is 2. The summed E-state index contributed by atoms with van der Waals surface area (Å²) in [6.07, 6.45) is 4.58. The van der Waals surface area contributed by atoms with Crippen LogP contribution >= 0.6 is 0 Å². The van der Waals surface area contributed by atoms with E-state index >= 15 is 0 Å². The number of amides is 1. The molecule has 9 heteroatoms. The summed E-state index contributed by atoms with van der Waals surface area (Å²) in [6, 6.07) is 8.44. The van der Waals surface area contributed by atoms with Crippen LogP contribution in [0.4, 0.5) is 14.6 Å². The summed E-state index contributed by atoms with van der Waals surface area (Å²) >= 11 is 0. The van der Waals surface area contributed by atoms with E-state index in [1.54, 1.807) is 31.3 Å². The number of carbonyl (C=O) groups excluding carboxylic acids is 1. The Kier molecular flexibility index (Phi) is 5.98. The topological polar surface area (TPSA) is 92.7 Å². The van der Waals surface area contributed by atoms with Crippen molar-refractivity contribution < 1.29 is 13.6 Å². The second-order valence-electron chi connectivity index (χ2n) is 7.13. The van der Waals surface area contributed by atoms with Gasteiger partial charge >= 0.3 is 0 Å². The van der Waals surface area contributed by atoms with Crippen molar-refractivity contribution in [1.82, 2.24) is 25.3 Å². The summed E-state index contributed by atoms with van der Waals surface area (Å²) in [5.74, 6) is -0.990. The summed E-state index contributed by atoms with van der Waals surface area (Å²) in [4.78, 5) is 28.7. The van der Waals surface area contributed by atoms with Gasteiger partial charge in [0.05, 0.1) is 28.7 Å². The summed E-state index contributed by atoms with van der Waals surface area (Å²) < 4.78 is 28.0. The van der Waals surface area contributed by atoms with Gasteiger partial charge in [0, 0.05) is 36.8 Å². The highest BCUT2D eigenvalue weighted by Gasteiger charge is 2.17. The van der Waals surface area contributed by atoms with E-state index in [-0.39, 0.29) is 5.56 Å². The number of rotatable bonds is 6. The molecule has 0 spiro atoms. The quantitative estimate of drug-likeness (QED) is 0.481. The first-order valence-corrected chi connectivity index (χ1v) is 9.94. The minimum absolute atomic E-state index is 0.0216. The third-order valence-corrected chi connectivity index (χ3v) is 5.08. The molecule has 0 saturated carbocycles. The third kappa shape index (κ3) is 4.22. The van der Waals surface area contributed by atoms with Crippen LogP contribution in [0, 0.1) is 18.6 Å². The molecule has 0 atom stereocenters. The lowest BCUT2D eigenvalue weighted by atomic mass is 10.0. The number of benzene rings is 1. The molecular formula is C23H20F2N6O. The number of carbonyl (C=O) groups is 1. The van der Waals surface area contributed by atoms with E-state index in [1.165, 1.54) is 19.4 Å². The molecule has 1 amide bonds. The van der Waals surface area contributed by atoms with Crippen molar-refractivity contribution in [3.8, 4) is 11.3 Å². The van der Waals surface area contributed by atoms with Crippen molar-refractivity contribution >= 4 is 22.6 Å². The van der Waals surface area contributed by atoms with E-state index in [2.05, 4.69) is 30.6 Å². The fourth-order valence-corrected chi connectivity index (χ4v) is 3.40. The summed E-state index contributed by atoms with van der Waals surface area (Å²) in [6.45, 7) is 2.10. The van der Waals surface area contributed by atoms with Gasteiger partial charge in [-0.3, -0.25) is 14.8 Å². The third-order valence-electron chi connectivity index (χ3n) is 5.08. The molecule has 162 valence electrons. The van der Waals surface area contributed by atoms with Gasteiger partial charge < -0.3 is 10.6 Å². The highest BCUT2D eigenvalue weighted by atomic mass is 19.1. The van der Waals surface area contributed by atoms with Crippen LogP contribution in [-0.4, -0.2) is 39.4 Å². The smallest absolute Gasteiger partial charge is 0.254 e. The SMILES string of the molecule is CNC(=O)c1c(F)cnc2c(CCNc3cc(-c4cnc(C)c(F)c4)ncn3)cccc12. The van der Waals surface area contributed by atoms with Crippen LogP contribution in [0.25, 0.3) is 22.2 Å². The van der Waals surface area contributed by atoms with Gasteiger partial charge in [-0.05, 0) is 25.0 Å². The lowest BCUT2D eigenvalue weighted by Crippen LogP contribution is -2.20. The average Bonchev–Trinajstić information content (AvgIpc) is 2.80. The maximum Gasteiger partial charge on any atom is 0.254 e. The van der Waals surface area contributed by atoms with E-state index in [0.717, 1.165) is 11.8 Å². The zero-order valence-electron chi connectivity index (χ0n) is 17.5. The molecule has 0 fully saturated rings. The number of pyridine rings is 2. The summed E-state index contributed by atoms with van der Waals surface area (Å²) in [5.41, 5.74) is 2.83. The number of halogens is 2. The molecule has 3 aromatic heterocycles. The van der Waals surface area contributed by atoms with E-state index in [9.17, 15) is 13.6 Å². The predicted molar refractivity (Wildman–Crippen MR) is 117 cm³/mol. The van der Waals surface area contributed by atoms with Gasteiger partial charge in [0.15, 0.2) is 5.82 Å². The zero-order chi connectivity index (χ0) is 22.7. The lowest BCUT2D eigenvalue weighted by molar-refractivity contribution is 0.0961. The van der Waals surface area contributed by atoms with Crippen LogP contribution in [0.1, 0.15) is 21.6 Å². The van der Waals surface area contributed by atoms with E-state index in [0.29, 0.717) is 46.6 Å². The van der Waals surface area contributed by atoms with Gasteiger partial charge in [-0.15, -0.1) is 0 Å². The molecule has 4 rings (SSSR count). The second-order valence-corrected chi connectivity index (χ2v) is 7.13. The monoisotopic (exact) mass is 434 g/mol. The fraction of sp³-hybridized carbons (Fsp3) is 0.174. The maximum absolute atomic E-state index is 14.2. The van der Waals surface area contributed by atoms with Crippen LogP contribution in [0.15, 0.2) is 49.1 Å². The average molecular weight is 434 g/mol. The maximum atomic E-state index is 14.2. The minimum Gasteiger partial charge on any atom is -0.370 e. The molecule has 0 saturated heterocycles. The molecule has 0 radical (unpaired) electrons. The molecule has 0 unspecified atom stereocenters. The van der Waals surface area contributed by atoms with E-state index in [1.807, 2.05) is 6.07 Å². The normalized spacial score (nSPS) is 10.9. The Balaban J connectivity index is 1.53. The Morgan fingerprint density at radius 2 is 1.88 bits per heavy atom. The van der Waals surface area contributed by atoms with Crippen LogP contribution in [0.3, 0.4) is 0 Å². The first-order valence-electron chi connectivity index (χ1n) is 9.94. The minimum atomic E-state index is -0.664. The van der Waals surface area contributed by atoms with Gasteiger partial charge in [-0.25, -0.2) is 18.7 Å². The second kappa shape index (κ2) is 9.01. The first kappa shape index (κ1) is 21.2. The number of hydrogen-bond acceptors (Lipinski definition) is 6. The van der Waals surface area contributed by atoms with Crippen molar-refractivity contribution in [2.75, 3.05) is 18.9 Å². The van der Waals surface area contributed by atoms with Crippen LogP contribution in [-0.2, 0) is 6.42 Å². The Morgan fingerprint density at radius 3 is 2.66 bits per heavy atom. The van der Waals surface area contributed by atoms with Gasteiger partial charge in [-0.2, -0.15) is 0 Å². The molecule has 4 aromatic rings. The van der Waals surface area contributed by atoms with Crippen LogP contribution in [0.2, 0.25) is 0 Å². The number of hydrogen-bond donors (Lipinski definition) is 2. The molecule has 0 aliphatic carbocycles. The molecule has 7 nitrogen and oxygen atoms in total. The Morgan fingerprint density at radius 1 is 1.03 bits per heavy atom. The number of fused-ring (bicyclic) bond motifs is 1. The van der Waals surface area contributed by atoms with Crippen molar-refractivity contribution in [3.05, 3.63) is 77.5 Å². The first-order chi connectivity index (χ1) is 15.5. The van der Waals surface area contributed by atoms with Crippen molar-refractivity contribution in [2.45, 2.75) is 13.3 Å². The standard InChI is InChI=1S/C23H20F2N6O/c1-13-17(24)8-15(10-28-13)19-9-20(31-12-30-19)27-7-6-14-4-3-5-16-21(23(32)26-2)18(25)11-29-22(14)16/h3-5,8-12H,6-7H2,1-2H3,(H,26,32)(H,27,30,31). The van der Waals surface area contributed by atoms with Crippen LogP contribution in [0.5, 0.6) is 0 Å². The van der Waals surface area contributed by atoms with Crippen molar-refractivity contribution in [2.24, 2.45) is 0 Å². The van der Waals surface area contributed by atoms with Crippen LogP contribution < -0.4 is 10.6 Å². The molecule has 32 heavy (non-hydrogen) atoms. The molecule has 0 aliphatic rings. The van der Waals surface area contributed by atoms with E-state index < -0.39 is 17.5 Å². The van der Waals surface area contributed by atoms with Gasteiger partial charge in [0.25, 0.3) is 5.91 Å². The van der Waals surface area contributed by atoms with E-state index in [4.69, 9.17) is 0 Å². The van der Waals surface area contributed by atoms with Gasteiger partial charge in [0.1, 0.15) is 18.0 Å². The molecular weight excluding hydrogens is 414 g/mol. The number of nitrogens with zero attached hydrogens (tertiary/aromatic N) is 4. The Hall–Kier alpha value is -4.01.